The van der Waals surface area contributed by atoms with Crippen LogP contribution in [0.15, 0.2) is 36.0 Å². The molecule has 1 aliphatic rings. The van der Waals surface area contributed by atoms with Crippen molar-refractivity contribution in [2.75, 3.05) is 19.7 Å². The number of nitrogens with zero attached hydrogens (tertiary/aromatic N) is 4. The first kappa shape index (κ1) is 17.0. The molecule has 1 fully saturated rings. The lowest BCUT2D eigenvalue weighted by molar-refractivity contribution is 0.0648. The second-order valence-electron chi connectivity index (χ2n) is 6.36. The van der Waals surface area contributed by atoms with Crippen molar-refractivity contribution in [3.8, 4) is 5.88 Å². The van der Waals surface area contributed by atoms with Gasteiger partial charge in [0.1, 0.15) is 17.0 Å². The number of aliphatic hydroxyl groups is 1. The molecule has 0 radical (unpaired) electrons. The highest BCUT2D eigenvalue weighted by molar-refractivity contribution is 7.16. The molecule has 8 heteroatoms. The van der Waals surface area contributed by atoms with Crippen LogP contribution in [-0.2, 0) is 6.61 Å². The lowest BCUT2D eigenvalue weighted by Gasteiger charge is -2.31. The average molecular weight is 372 g/mol. The number of aliphatic hydroxyl groups excluding tert-OH is 1. The van der Waals surface area contributed by atoms with E-state index in [2.05, 4.69) is 10.1 Å². The molecule has 3 aromatic rings. The second kappa shape index (κ2) is 7.43. The summed E-state index contributed by atoms with van der Waals surface area (Å²) in [4.78, 5) is 20.0. The molecule has 0 unspecified atom stereocenters. The molecule has 0 saturated carbocycles. The minimum Gasteiger partial charge on any atom is -0.469 e. The van der Waals surface area contributed by atoms with Gasteiger partial charge in [0.2, 0.25) is 5.88 Å². The first-order valence-corrected chi connectivity index (χ1v) is 9.53. The third-order valence-corrected chi connectivity index (χ3v) is 5.55. The van der Waals surface area contributed by atoms with Crippen LogP contribution in [0.25, 0.3) is 4.83 Å². The number of fused-ring (bicyclic) bond motifs is 1. The van der Waals surface area contributed by atoms with Gasteiger partial charge in [-0.2, -0.15) is 0 Å². The summed E-state index contributed by atoms with van der Waals surface area (Å²) in [7, 11) is 0. The highest BCUT2D eigenvalue weighted by Gasteiger charge is 2.29. The lowest BCUT2D eigenvalue weighted by Crippen LogP contribution is -2.39. The number of rotatable bonds is 5. The SMILES string of the molecule is O=C(c1c(OCc2ccccn2)nn2ccsc12)N1CCC(CO)CC1. The predicted molar refractivity (Wildman–Crippen MR) is 97.4 cm³/mol. The Labute approximate surface area is 154 Å². The summed E-state index contributed by atoms with van der Waals surface area (Å²) in [6, 6.07) is 5.62. The highest BCUT2D eigenvalue weighted by atomic mass is 32.1. The van der Waals surface area contributed by atoms with E-state index < -0.39 is 0 Å². The number of amides is 1. The van der Waals surface area contributed by atoms with Gasteiger partial charge in [0.15, 0.2) is 0 Å². The van der Waals surface area contributed by atoms with Crippen LogP contribution in [0.1, 0.15) is 28.9 Å². The predicted octanol–water partition coefficient (Wildman–Crippen LogP) is 2.21. The van der Waals surface area contributed by atoms with Crippen LogP contribution in [0.4, 0.5) is 0 Å². The van der Waals surface area contributed by atoms with Gasteiger partial charge < -0.3 is 14.7 Å². The number of thiazole rings is 1. The summed E-state index contributed by atoms with van der Waals surface area (Å²) >= 11 is 1.47. The maximum absolute atomic E-state index is 13.1. The van der Waals surface area contributed by atoms with Gasteiger partial charge in [0.05, 0.1) is 5.69 Å². The summed E-state index contributed by atoms with van der Waals surface area (Å²) < 4.78 is 7.53. The van der Waals surface area contributed by atoms with Crippen LogP contribution in [0, 0.1) is 5.92 Å². The van der Waals surface area contributed by atoms with Crippen molar-refractivity contribution < 1.29 is 14.6 Å². The zero-order valence-electron chi connectivity index (χ0n) is 14.2. The average Bonchev–Trinajstić information content (AvgIpc) is 3.27. The van der Waals surface area contributed by atoms with E-state index in [4.69, 9.17) is 4.74 Å². The van der Waals surface area contributed by atoms with Crippen molar-refractivity contribution in [2.45, 2.75) is 19.4 Å². The molecule has 1 N–H and O–H groups in total. The molecule has 7 nitrogen and oxygen atoms in total. The molecule has 4 rings (SSSR count). The summed E-state index contributed by atoms with van der Waals surface area (Å²) in [5, 5.41) is 15.6. The fourth-order valence-electron chi connectivity index (χ4n) is 3.15. The summed E-state index contributed by atoms with van der Waals surface area (Å²) in [6.07, 6.45) is 5.17. The van der Waals surface area contributed by atoms with Crippen LogP contribution in [0.2, 0.25) is 0 Å². The van der Waals surface area contributed by atoms with Crippen molar-refractivity contribution in [1.82, 2.24) is 19.5 Å². The smallest absolute Gasteiger partial charge is 0.262 e. The lowest BCUT2D eigenvalue weighted by atomic mass is 9.97. The monoisotopic (exact) mass is 372 g/mol. The van der Waals surface area contributed by atoms with Crippen molar-refractivity contribution in [3.05, 3.63) is 47.2 Å². The van der Waals surface area contributed by atoms with Gasteiger partial charge in [0, 0.05) is 37.5 Å². The third kappa shape index (κ3) is 3.30. The summed E-state index contributed by atoms with van der Waals surface area (Å²) in [5.74, 6) is 0.569. The number of ether oxygens (including phenoxy) is 1. The maximum atomic E-state index is 13.1. The Bertz CT molecular complexity index is 884. The van der Waals surface area contributed by atoms with Crippen LogP contribution < -0.4 is 4.74 Å². The van der Waals surface area contributed by atoms with Crippen molar-refractivity contribution in [2.24, 2.45) is 5.92 Å². The van der Waals surface area contributed by atoms with E-state index in [0.29, 0.717) is 24.5 Å². The fraction of sp³-hybridized carbons (Fsp3) is 0.389. The Morgan fingerprint density at radius 3 is 2.92 bits per heavy atom. The van der Waals surface area contributed by atoms with E-state index >= 15 is 0 Å². The van der Waals surface area contributed by atoms with Crippen molar-refractivity contribution in [3.63, 3.8) is 0 Å². The number of carbonyl (C=O) groups excluding carboxylic acids is 1. The normalized spacial score (nSPS) is 15.5. The second-order valence-corrected chi connectivity index (χ2v) is 7.26. The number of aromatic nitrogens is 3. The van der Waals surface area contributed by atoms with Gasteiger partial charge >= 0.3 is 0 Å². The minimum atomic E-state index is -0.0603. The number of likely N-dealkylation sites (tertiary alicyclic amines) is 1. The molecule has 136 valence electrons. The highest BCUT2D eigenvalue weighted by Crippen LogP contribution is 2.29. The Balaban J connectivity index is 1.57. The molecule has 1 saturated heterocycles. The van der Waals surface area contributed by atoms with Gasteiger partial charge in [0.25, 0.3) is 5.91 Å². The molecule has 0 atom stereocenters. The number of pyridine rings is 1. The molecule has 0 aliphatic carbocycles. The fourth-order valence-corrected chi connectivity index (χ4v) is 3.96. The quantitative estimate of drug-likeness (QED) is 0.743. The first-order valence-electron chi connectivity index (χ1n) is 8.65. The number of piperidine rings is 1. The van der Waals surface area contributed by atoms with Gasteiger partial charge in [-0.25, -0.2) is 4.52 Å². The molecule has 1 aliphatic heterocycles. The van der Waals surface area contributed by atoms with E-state index in [-0.39, 0.29) is 25.0 Å². The Morgan fingerprint density at radius 1 is 1.35 bits per heavy atom. The van der Waals surface area contributed by atoms with Gasteiger partial charge in [-0.3, -0.25) is 9.78 Å². The zero-order valence-corrected chi connectivity index (χ0v) is 15.1. The zero-order chi connectivity index (χ0) is 17.9. The van der Waals surface area contributed by atoms with E-state index in [1.54, 1.807) is 10.7 Å². The van der Waals surface area contributed by atoms with Crippen molar-refractivity contribution in [1.29, 1.82) is 0 Å². The molecular weight excluding hydrogens is 352 g/mol. The summed E-state index contributed by atoms with van der Waals surface area (Å²) in [6.45, 7) is 1.74. The summed E-state index contributed by atoms with van der Waals surface area (Å²) in [5.41, 5.74) is 1.30. The Hall–Kier alpha value is -2.45. The third-order valence-electron chi connectivity index (χ3n) is 4.67. The van der Waals surface area contributed by atoms with Crippen LogP contribution >= 0.6 is 11.3 Å². The number of hydrogen-bond donors (Lipinski definition) is 1. The van der Waals surface area contributed by atoms with Gasteiger partial charge in [-0.1, -0.05) is 6.07 Å². The molecule has 0 aromatic carbocycles. The molecule has 3 aromatic heterocycles. The molecular formula is C18H20N4O3S. The van der Waals surface area contributed by atoms with Gasteiger partial charge in [-0.05, 0) is 30.9 Å². The Morgan fingerprint density at radius 2 is 2.19 bits per heavy atom. The standard InChI is InChI=1S/C18H20N4O3S/c23-11-13-4-7-21(8-5-13)17(24)15-16(20-22-9-10-26-18(15)22)25-12-14-3-1-2-6-19-14/h1-3,6,9-10,13,23H,4-5,7-8,11-12H2. The number of hydrogen-bond acceptors (Lipinski definition) is 6. The minimum absolute atomic E-state index is 0.0603. The Kier molecular flexibility index (Phi) is 4.85. The maximum Gasteiger partial charge on any atom is 0.262 e. The van der Waals surface area contributed by atoms with Gasteiger partial charge in [-0.15, -0.1) is 16.4 Å². The van der Waals surface area contributed by atoms with Crippen LogP contribution in [0.5, 0.6) is 5.88 Å². The van der Waals surface area contributed by atoms with E-state index in [0.717, 1.165) is 23.4 Å². The van der Waals surface area contributed by atoms with E-state index in [9.17, 15) is 9.90 Å². The number of carbonyl (C=O) groups is 1. The topological polar surface area (TPSA) is 80.0 Å². The molecule has 1 amide bonds. The van der Waals surface area contributed by atoms with Crippen molar-refractivity contribution >= 4 is 22.1 Å². The molecule has 0 bridgehead atoms. The first-order chi connectivity index (χ1) is 12.8. The molecule has 0 spiro atoms. The van der Waals surface area contributed by atoms with Crippen LogP contribution in [0.3, 0.4) is 0 Å². The molecule has 26 heavy (non-hydrogen) atoms. The van der Waals surface area contributed by atoms with Crippen LogP contribution in [-0.4, -0.2) is 50.2 Å². The molecule has 4 heterocycles. The largest absolute Gasteiger partial charge is 0.469 e. The van der Waals surface area contributed by atoms with E-state index in [1.807, 2.05) is 34.7 Å². The van der Waals surface area contributed by atoms with E-state index in [1.165, 1.54) is 11.3 Å².